The maximum Gasteiger partial charge on any atom is 0.267 e. The van der Waals surface area contributed by atoms with E-state index in [0.717, 1.165) is 0 Å². The van der Waals surface area contributed by atoms with Crippen molar-refractivity contribution in [2.45, 2.75) is 13.0 Å². The Bertz CT molecular complexity index is 1120. The summed E-state index contributed by atoms with van der Waals surface area (Å²) in [5, 5.41) is 5.62. The van der Waals surface area contributed by atoms with Gasteiger partial charge in [-0.15, -0.1) is 0 Å². The quantitative estimate of drug-likeness (QED) is 0.318. The highest BCUT2D eigenvalue weighted by Gasteiger charge is 2.16. The molecule has 11 nitrogen and oxygen atoms in total. The summed E-state index contributed by atoms with van der Waals surface area (Å²) >= 11 is 0. The predicted molar refractivity (Wildman–Crippen MR) is 107 cm³/mol. The van der Waals surface area contributed by atoms with Crippen molar-refractivity contribution in [2.24, 2.45) is 11.0 Å². The number of halogens is 1. The molecule has 0 saturated carbocycles. The third-order valence-corrected chi connectivity index (χ3v) is 3.93. The standard InChI is InChI=1S/C19H17FN8O3/c1-10(19(30)27-28-22)24-15-9-14(17(21)29)25-18(26-15)11-6-7-23-16(8-11)31-13-4-2-12(20)3-5-13/h2-10H,1H3,(H2,21,29)(H2,22,27,30)(H,24,25,26)/t10-/m0/s1. The molecule has 0 fully saturated rings. The molecule has 0 radical (unpaired) electrons. The van der Waals surface area contributed by atoms with Gasteiger partial charge < -0.3 is 15.8 Å². The molecule has 2 heterocycles. The van der Waals surface area contributed by atoms with Gasteiger partial charge in [0.15, 0.2) is 5.82 Å². The molecule has 158 valence electrons. The van der Waals surface area contributed by atoms with Crippen LogP contribution in [-0.2, 0) is 4.79 Å². The van der Waals surface area contributed by atoms with Crippen LogP contribution in [0.4, 0.5) is 10.2 Å². The number of primary amides is 1. The van der Waals surface area contributed by atoms with E-state index >= 15 is 0 Å². The van der Waals surface area contributed by atoms with Crippen LogP contribution in [0.15, 0.2) is 53.9 Å². The van der Waals surface area contributed by atoms with E-state index in [2.05, 4.69) is 25.5 Å². The van der Waals surface area contributed by atoms with E-state index in [1.807, 2.05) is 5.43 Å². The van der Waals surface area contributed by atoms with E-state index in [1.165, 1.54) is 49.5 Å². The Kier molecular flexibility index (Phi) is 6.40. The fraction of sp³-hybridized carbons (Fsp3) is 0.105. The average Bonchev–Trinajstić information content (AvgIpc) is 2.75. The number of hydrogen-bond donors (Lipinski definition) is 4. The van der Waals surface area contributed by atoms with E-state index in [9.17, 15) is 14.0 Å². The third-order valence-electron chi connectivity index (χ3n) is 3.93. The molecule has 1 atom stereocenters. The lowest BCUT2D eigenvalue weighted by atomic mass is 10.2. The van der Waals surface area contributed by atoms with Crippen molar-refractivity contribution in [3.8, 4) is 23.0 Å². The first-order chi connectivity index (χ1) is 14.9. The van der Waals surface area contributed by atoms with E-state index in [1.54, 1.807) is 6.07 Å². The molecule has 1 aromatic carbocycles. The average molecular weight is 424 g/mol. The number of benzene rings is 1. The second-order valence-corrected chi connectivity index (χ2v) is 6.22. The molecule has 0 unspecified atom stereocenters. The highest BCUT2D eigenvalue weighted by molar-refractivity contribution is 5.92. The minimum atomic E-state index is -0.813. The van der Waals surface area contributed by atoms with Crippen molar-refractivity contribution in [3.05, 3.63) is 60.2 Å². The molecular formula is C19H17FN8O3. The van der Waals surface area contributed by atoms with Gasteiger partial charge in [0.25, 0.3) is 11.8 Å². The molecule has 0 aliphatic carbocycles. The first kappa shape index (κ1) is 21.2. The number of amides is 2. The van der Waals surface area contributed by atoms with Crippen LogP contribution in [-0.4, -0.2) is 32.8 Å². The molecule has 3 aromatic rings. The Morgan fingerprint density at radius 1 is 1.19 bits per heavy atom. The van der Waals surface area contributed by atoms with Crippen LogP contribution < -0.4 is 21.2 Å². The molecule has 31 heavy (non-hydrogen) atoms. The van der Waals surface area contributed by atoms with Gasteiger partial charge in [0.2, 0.25) is 5.88 Å². The SMILES string of the molecule is C[C@H](Nc1cc(C(N)=O)nc(-c2ccnc(Oc3ccc(F)cc3)c2)n1)C(=O)NN=N. The lowest BCUT2D eigenvalue weighted by Gasteiger charge is -2.14. The zero-order valence-electron chi connectivity index (χ0n) is 16.2. The number of carbonyl (C=O) groups excluding carboxylic acids is 2. The Labute approximate surface area is 175 Å². The summed E-state index contributed by atoms with van der Waals surface area (Å²) in [5.41, 5.74) is 14.4. The maximum absolute atomic E-state index is 13.1. The maximum atomic E-state index is 13.1. The van der Waals surface area contributed by atoms with Gasteiger partial charge in [-0.25, -0.2) is 24.8 Å². The van der Waals surface area contributed by atoms with Crippen molar-refractivity contribution in [1.82, 2.24) is 20.4 Å². The largest absolute Gasteiger partial charge is 0.439 e. The Morgan fingerprint density at radius 2 is 1.94 bits per heavy atom. The Morgan fingerprint density at radius 3 is 2.61 bits per heavy atom. The fourth-order valence-electron chi connectivity index (χ4n) is 2.44. The predicted octanol–water partition coefficient (Wildman–Crippen LogP) is 2.43. The zero-order chi connectivity index (χ0) is 22.4. The number of pyridine rings is 1. The molecule has 0 spiro atoms. The molecule has 0 saturated heterocycles. The van der Waals surface area contributed by atoms with Crippen LogP contribution >= 0.6 is 0 Å². The normalized spacial score (nSPS) is 11.3. The van der Waals surface area contributed by atoms with Crippen molar-refractivity contribution in [1.29, 1.82) is 5.53 Å². The number of hydrogen-bond acceptors (Lipinski definition) is 9. The topological polar surface area (TPSA) is 168 Å². The second-order valence-electron chi connectivity index (χ2n) is 6.22. The minimum Gasteiger partial charge on any atom is -0.439 e. The van der Waals surface area contributed by atoms with Crippen molar-refractivity contribution in [3.63, 3.8) is 0 Å². The van der Waals surface area contributed by atoms with Crippen LogP contribution in [0.1, 0.15) is 17.4 Å². The molecule has 2 aromatic heterocycles. The molecular weight excluding hydrogens is 407 g/mol. The lowest BCUT2D eigenvalue weighted by molar-refractivity contribution is -0.121. The van der Waals surface area contributed by atoms with Crippen LogP contribution in [0.2, 0.25) is 0 Å². The Hall–Kier alpha value is -4.48. The molecule has 0 aliphatic rings. The molecule has 3 rings (SSSR count). The van der Waals surface area contributed by atoms with E-state index < -0.39 is 23.7 Å². The van der Waals surface area contributed by atoms with E-state index in [-0.39, 0.29) is 23.2 Å². The smallest absolute Gasteiger partial charge is 0.267 e. The summed E-state index contributed by atoms with van der Waals surface area (Å²) in [7, 11) is 0. The number of anilines is 1. The number of nitrogens with two attached hydrogens (primary N) is 1. The van der Waals surface area contributed by atoms with Crippen molar-refractivity contribution in [2.75, 3.05) is 5.32 Å². The lowest BCUT2D eigenvalue weighted by Crippen LogP contribution is -2.35. The number of carbonyl (C=O) groups is 2. The van der Waals surface area contributed by atoms with Gasteiger partial charge in [0.05, 0.1) is 0 Å². The summed E-state index contributed by atoms with van der Waals surface area (Å²) in [4.78, 5) is 36.0. The second kappa shape index (κ2) is 9.35. The fourth-order valence-corrected chi connectivity index (χ4v) is 2.44. The van der Waals surface area contributed by atoms with Gasteiger partial charge in [0, 0.05) is 23.9 Å². The third kappa shape index (κ3) is 5.53. The zero-order valence-corrected chi connectivity index (χ0v) is 16.2. The monoisotopic (exact) mass is 424 g/mol. The number of nitrogens with one attached hydrogen (secondary N) is 3. The molecule has 0 bridgehead atoms. The summed E-state index contributed by atoms with van der Waals surface area (Å²) < 4.78 is 18.7. The van der Waals surface area contributed by atoms with E-state index in [0.29, 0.717) is 11.3 Å². The van der Waals surface area contributed by atoms with Gasteiger partial charge in [-0.2, -0.15) is 5.53 Å². The minimum absolute atomic E-state index is 0.0805. The van der Waals surface area contributed by atoms with Crippen molar-refractivity contribution >= 4 is 17.6 Å². The first-order valence-electron chi connectivity index (χ1n) is 8.87. The number of nitrogens with zero attached hydrogens (tertiary/aromatic N) is 4. The number of aromatic nitrogens is 3. The number of rotatable bonds is 8. The Balaban J connectivity index is 1.91. The summed E-state index contributed by atoms with van der Waals surface area (Å²) in [6, 6.07) is 9.01. The van der Waals surface area contributed by atoms with Crippen LogP contribution in [0, 0.1) is 11.3 Å². The molecule has 5 N–H and O–H groups in total. The van der Waals surface area contributed by atoms with Crippen LogP contribution in [0.5, 0.6) is 11.6 Å². The first-order valence-corrected chi connectivity index (χ1v) is 8.87. The summed E-state index contributed by atoms with van der Waals surface area (Å²) in [6.07, 6.45) is 1.45. The van der Waals surface area contributed by atoms with Gasteiger partial charge in [-0.05, 0) is 37.3 Å². The van der Waals surface area contributed by atoms with Crippen molar-refractivity contribution < 1.29 is 18.7 Å². The van der Waals surface area contributed by atoms with Gasteiger partial charge in [-0.1, -0.05) is 5.22 Å². The van der Waals surface area contributed by atoms with Crippen LogP contribution in [0.25, 0.3) is 11.4 Å². The highest BCUT2D eigenvalue weighted by Crippen LogP contribution is 2.25. The molecule has 2 amide bonds. The summed E-state index contributed by atoms with van der Waals surface area (Å²) in [6.45, 7) is 1.52. The van der Waals surface area contributed by atoms with Gasteiger partial charge >= 0.3 is 0 Å². The van der Waals surface area contributed by atoms with Crippen LogP contribution in [0.3, 0.4) is 0 Å². The van der Waals surface area contributed by atoms with Gasteiger partial charge in [-0.3, -0.25) is 9.59 Å². The van der Waals surface area contributed by atoms with E-state index in [4.69, 9.17) is 16.0 Å². The number of ether oxygens (including phenoxy) is 1. The molecule has 12 heteroatoms. The summed E-state index contributed by atoms with van der Waals surface area (Å²) in [5.74, 6) is -0.912. The van der Waals surface area contributed by atoms with Gasteiger partial charge in [0.1, 0.15) is 29.1 Å². The molecule has 0 aliphatic heterocycles. The highest BCUT2D eigenvalue weighted by atomic mass is 19.1.